The second-order valence-corrected chi connectivity index (χ2v) is 9.13. The summed E-state index contributed by atoms with van der Waals surface area (Å²) in [5, 5.41) is 13.2. The maximum atomic E-state index is 14.1. The number of amides is 1. The summed E-state index contributed by atoms with van der Waals surface area (Å²) in [7, 11) is 3.68. The Hall–Kier alpha value is -3.31. The Labute approximate surface area is 193 Å². The third kappa shape index (κ3) is 4.88. The molecule has 2 aromatic heterocycles. The van der Waals surface area contributed by atoms with Gasteiger partial charge >= 0.3 is 5.97 Å². The molecule has 1 aromatic carbocycles. The van der Waals surface area contributed by atoms with E-state index in [0.29, 0.717) is 59.1 Å². The number of rotatable bonds is 7. The van der Waals surface area contributed by atoms with Gasteiger partial charge in [-0.05, 0) is 38.7 Å². The first-order valence-corrected chi connectivity index (χ1v) is 11.2. The molecule has 4 rings (SSSR count). The van der Waals surface area contributed by atoms with Crippen LogP contribution in [-0.2, 0) is 4.79 Å². The van der Waals surface area contributed by atoms with Crippen molar-refractivity contribution in [3.05, 3.63) is 40.8 Å². The lowest BCUT2D eigenvalue weighted by Crippen LogP contribution is -2.37. The summed E-state index contributed by atoms with van der Waals surface area (Å²) >= 11 is 1.07. The lowest BCUT2D eigenvalue weighted by atomic mass is 10.2. The van der Waals surface area contributed by atoms with E-state index < -0.39 is 11.8 Å². The van der Waals surface area contributed by atoms with Gasteiger partial charge in [0.2, 0.25) is 5.91 Å². The number of aromatic carboxylic acids is 1. The van der Waals surface area contributed by atoms with E-state index in [0.717, 1.165) is 11.3 Å². The van der Waals surface area contributed by atoms with Crippen LogP contribution in [0.4, 0.5) is 15.9 Å². The molecule has 1 atom stereocenters. The summed E-state index contributed by atoms with van der Waals surface area (Å²) in [6.45, 7) is 3.03. The normalized spacial score (nSPS) is 15.9. The van der Waals surface area contributed by atoms with Crippen molar-refractivity contribution in [1.82, 2.24) is 19.8 Å². The van der Waals surface area contributed by atoms with E-state index >= 15 is 0 Å². The molecule has 33 heavy (non-hydrogen) atoms. The fourth-order valence-electron chi connectivity index (χ4n) is 3.80. The van der Waals surface area contributed by atoms with Gasteiger partial charge in [0.05, 0.1) is 24.2 Å². The van der Waals surface area contributed by atoms with Crippen molar-refractivity contribution >= 4 is 44.9 Å². The van der Waals surface area contributed by atoms with Gasteiger partial charge in [-0.2, -0.15) is 0 Å². The maximum Gasteiger partial charge on any atom is 0.346 e. The second kappa shape index (κ2) is 9.28. The number of carboxylic acids is 1. The molecule has 9 nitrogen and oxygen atoms in total. The smallest absolute Gasteiger partial charge is 0.346 e. The standard InChI is InChI=1S/C22H24FN5O4S/c1-12-18-20(24-11-25-21(18)33-19(12)22(30)31)26-15-5-4-13(23)8-16(15)32-14-6-7-28(9-14)17(29)10-27(2)3/h4-5,8,11,14H,6-7,9-10H2,1-3H3,(H,30,31)(H,24,25,26). The number of aryl methyl sites for hydroxylation is 1. The molecule has 11 heteroatoms. The molecular weight excluding hydrogens is 449 g/mol. The highest BCUT2D eigenvalue weighted by molar-refractivity contribution is 7.20. The molecule has 0 bridgehead atoms. The first-order chi connectivity index (χ1) is 15.7. The quantitative estimate of drug-likeness (QED) is 0.539. The zero-order valence-corrected chi connectivity index (χ0v) is 19.3. The van der Waals surface area contributed by atoms with Crippen LogP contribution < -0.4 is 10.1 Å². The molecule has 1 amide bonds. The lowest BCUT2D eigenvalue weighted by molar-refractivity contribution is -0.131. The Morgan fingerprint density at radius 3 is 2.88 bits per heavy atom. The number of benzene rings is 1. The Morgan fingerprint density at radius 2 is 2.15 bits per heavy atom. The summed E-state index contributed by atoms with van der Waals surface area (Å²) in [5.41, 5.74) is 1.04. The highest BCUT2D eigenvalue weighted by Gasteiger charge is 2.28. The zero-order chi connectivity index (χ0) is 23.7. The van der Waals surface area contributed by atoms with E-state index in [2.05, 4.69) is 15.3 Å². The van der Waals surface area contributed by atoms with Crippen LogP contribution in [0.25, 0.3) is 10.2 Å². The van der Waals surface area contributed by atoms with E-state index in [1.807, 2.05) is 19.0 Å². The zero-order valence-electron chi connectivity index (χ0n) is 18.5. The van der Waals surface area contributed by atoms with Crippen LogP contribution in [-0.4, -0.2) is 76.6 Å². The van der Waals surface area contributed by atoms with Gasteiger partial charge in [-0.1, -0.05) is 0 Å². The molecule has 3 heterocycles. The van der Waals surface area contributed by atoms with Crippen molar-refractivity contribution in [3.8, 4) is 5.75 Å². The molecule has 1 unspecified atom stereocenters. The summed E-state index contributed by atoms with van der Waals surface area (Å²) < 4.78 is 20.1. The van der Waals surface area contributed by atoms with Crippen molar-refractivity contribution in [1.29, 1.82) is 0 Å². The number of ether oxygens (including phenoxy) is 1. The van der Waals surface area contributed by atoms with Crippen molar-refractivity contribution in [2.45, 2.75) is 19.4 Å². The number of carboxylic acid groups (broad SMARTS) is 1. The predicted molar refractivity (Wildman–Crippen MR) is 123 cm³/mol. The molecule has 3 aromatic rings. The van der Waals surface area contributed by atoms with Crippen LogP contribution in [0.5, 0.6) is 5.75 Å². The number of nitrogens with one attached hydrogen (secondary N) is 1. The number of fused-ring (bicyclic) bond motifs is 1. The fourth-order valence-corrected chi connectivity index (χ4v) is 4.78. The molecular formula is C22H24FN5O4S. The van der Waals surface area contributed by atoms with Crippen molar-refractivity contribution in [2.24, 2.45) is 0 Å². The number of carbonyl (C=O) groups excluding carboxylic acids is 1. The highest BCUT2D eigenvalue weighted by Crippen LogP contribution is 2.37. The first kappa shape index (κ1) is 22.9. The molecule has 0 spiro atoms. The third-order valence-electron chi connectivity index (χ3n) is 5.36. The number of halogens is 1. The van der Waals surface area contributed by atoms with Gasteiger partial charge < -0.3 is 25.0 Å². The average Bonchev–Trinajstić information content (AvgIpc) is 3.35. The largest absolute Gasteiger partial charge is 0.486 e. The van der Waals surface area contributed by atoms with Gasteiger partial charge in [-0.25, -0.2) is 19.2 Å². The van der Waals surface area contributed by atoms with E-state index in [1.54, 1.807) is 17.9 Å². The third-order valence-corrected chi connectivity index (χ3v) is 6.55. The van der Waals surface area contributed by atoms with Crippen LogP contribution in [0.3, 0.4) is 0 Å². The van der Waals surface area contributed by atoms with Crippen LogP contribution in [0.2, 0.25) is 0 Å². The Morgan fingerprint density at radius 1 is 1.36 bits per heavy atom. The number of nitrogens with zero attached hydrogens (tertiary/aromatic N) is 4. The molecule has 1 aliphatic heterocycles. The van der Waals surface area contributed by atoms with Gasteiger partial charge in [0.15, 0.2) is 0 Å². The lowest BCUT2D eigenvalue weighted by Gasteiger charge is -2.20. The number of aromatic nitrogens is 2. The van der Waals surface area contributed by atoms with E-state index in [1.165, 1.54) is 18.5 Å². The number of likely N-dealkylation sites (tertiary alicyclic amines) is 1. The molecule has 1 fully saturated rings. The first-order valence-electron chi connectivity index (χ1n) is 10.4. The number of carbonyl (C=O) groups is 2. The number of thiophene rings is 1. The van der Waals surface area contributed by atoms with Crippen LogP contribution in [0.15, 0.2) is 24.5 Å². The summed E-state index contributed by atoms with van der Waals surface area (Å²) in [4.78, 5) is 36.6. The summed E-state index contributed by atoms with van der Waals surface area (Å²) in [6.07, 6.45) is 1.71. The Kier molecular flexibility index (Phi) is 6.43. The van der Waals surface area contributed by atoms with Crippen LogP contribution in [0.1, 0.15) is 21.7 Å². The predicted octanol–water partition coefficient (Wildman–Crippen LogP) is 3.12. The Bertz CT molecular complexity index is 1210. The SMILES string of the molecule is Cc1c(C(=O)O)sc2ncnc(Nc3ccc(F)cc3OC3CCN(C(=O)CN(C)C)C3)c12. The Balaban J connectivity index is 1.58. The van der Waals surface area contributed by atoms with Gasteiger partial charge in [-0.15, -0.1) is 11.3 Å². The molecule has 0 saturated carbocycles. The van der Waals surface area contributed by atoms with Gasteiger partial charge in [0, 0.05) is 19.0 Å². The fraction of sp³-hybridized carbons (Fsp3) is 0.364. The van der Waals surface area contributed by atoms with Crippen molar-refractivity contribution in [3.63, 3.8) is 0 Å². The van der Waals surface area contributed by atoms with Gasteiger partial charge in [0.1, 0.15) is 39.5 Å². The minimum absolute atomic E-state index is 0.0224. The molecule has 2 N–H and O–H groups in total. The second-order valence-electron chi connectivity index (χ2n) is 8.14. The number of hydrogen-bond donors (Lipinski definition) is 2. The van der Waals surface area contributed by atoms with E-state index in [9.17, 15) is 19.1 Å². The van der Waals surface area contributed by atoms with E-state index in [-0.39, 0.29) is 16.9 Å². The molecule has 174 valence electrons. The minimum Gasteiger partial charge on any atom is -0.486 e. The van der Waals surface area contributed by atoms with Gasteiger partial charge in [0.25, 0.3) is 0 Å². The monoisotopic (exact) mass is 473 g/mol. The van der Waals surface area contributed by atoms with Crippen LogP contribution >= 0.6 is 11.3 Å². The van der Waals surface area contributed by atoms with Gasteiger partial charge in [-0.3, -0.25) is 4.79 Å². The van der Waals surface area contributed by atoms with Crippen molar-refractivity contribution < 1.29 is 23.8 Å². The minimum atomic E-state index is -1.03. The molecule has 1 aliphatic rings. The summed E-state index contributed by atoms with van der Waals surface area (Å²) in [5.74, 6) is -0.759. The molecule has 1 saturated heterocycles. The summed E-state index contributed by atoms with van der Waals surface area (Å²) in [6, 6.07) is 4.13. The number of hydrogen-bond acceptors (Lipinski definition) is 8. The molecule has 0 aliphatic carbocycles. The van der Waals surface area contributed by atoms with Crippen molar-refractivity contribution in [2.75, 3.05) is 39.0 Å². The number of likely N-dealkylation sites (N-methyl/N-ethyl adjacent to an activating group) is 1. The highest BCUT2D eigenvalue weighted by atomic mass is 32.1. The van der Waals surface area contributed by atoms with E-state index in [4.69, 9.17) is 4.74 Å². The average molecular weight is 474 g/mol. The van der Waals surface area contributed by atoms with Crippen LogP contribution in [0, 0.1) is 12.7 Å². The maximum absolute atomic E-state index is 14.1. The topological polar surface area (TPSA) is 108 Å². The molecule has 0 radical (unpaired) electrons. The number of anilines is 2.